The highest BCUT2D eigenvalue weighted by Crippen LogP contribution is 2.30. The molecule has 39 heavy (non-hydrogen) atoms. The fraction of sp³-hybridized carbons (Fsp3) is 0.483. The van der Waals surface area contributed by atoms with Crippen LogP contribution < -0.4 is 16.0 Å². The number of alkyl carbamates (subject to hydrolysis) is 1. The van der Waals surface area contributed by atoms with Crippen molar-refractivity contribution in [3.63, 3.8) is 0 Å². The van der Waals surface area contributed by atoms with Crippen molar-refractivity contribution in [2.24, 2.45) is 5.92 Å². The average Bonchev–Trinajstić information content (AvgIpc) is 2.86. The van der Waals surface area contributed by atoms with Crippen LogP contribution in [-0.4, -0.2) is 42.1 Å². The number of carbonyl (C=O) groups is 3. The number of alkyl halides is 3. The summed E-state index contributed by atoms with van der Waals surface area (Å²) >= 11 is 0. The molecular formula is C29H36F3N3O4. The summed E-state index contributed by atoms with van der Waals surface area (Å²) in [5.41, 5.74) is -0.552. The average molecular weight is 548 g/mol. The number of ether oxygens (including phenoxy) is 1. The molecule has 3 amide bonds. The van der Waals surface area contributed by atoms with Crippen molar-refractivity contribution in [2.75, 3.05) is 6.54 Å². The molecule has 0 bridgehead atoms. The van der Waals surface area contributed by atoms with Crippen LogP contribution in [0, 0.1) is 5.92 Å². The Morgan fingerprint density at radius 3 is 2.33 bits per heavy atom. The molecule has 0 heterocycles. The Bertz CT molecular complexity index is 1130. The lowest BCUT2D eigenvalue weighted by molar-refractivity contribution is -0.137. The zero-order valence-electron chi connectivity index (χ0n) is 22.4. The first-order chi connectivity index (χ1) is 18.3. The van der Waals surface area contributed by atoms with Crippen LogP contribution in [0.15, 0.2) is 54.6 Å². The Morgan fingerprint density at radius 1 is 0.949 bits per heavy atom. The second kappa shape index (κ2) is 13.0. The predicted octanol–water partition coefficient (Wildman–Crippen LogP) is 5.25. The minimum absolute atomic E-state index is 0.0574. The molecule has 1 saturated carbocycles. The predicted molar refractivity (Wildman–Crippen MR) is 141 cm³/mol. The molecule has 0 unspecified atom stereocenters. The molecule has 3 N–H and O–H groups in total. The van der Waals surface area contributed by atoms with Gasteiger partial charge in [-0.25, -0.2) is 4.79 Å². The number of benzene rings is 2. The van der Waals surface area contributed by atoms with E-state index in [0.717, 1.165) is 36.6 Å². The number of amides is 3. The van der Waals surface area contributed by atoms with E-state index < -0.39 is 35.2 Å². The normalized spacial score (nSPS) is 19.6. The highest BCUT2D eigenvalue weighted by molar-refractivity contribution is 5.96. The van der Waals surface area contributed by atoms with Crippen LogP contribution in [0.2, 0.25) is 0 Å². The van der Waals surface area contributed by atoms with Crippen LogP contribution in [0.25, 0.3) is 0 Å². The summed E-state index contributed by atoms with van der Waals surface area (Å²) in [5.74, 6) is -1.13. The second-order valence-corrected chi connectivity index (χ2v) is 10.9. The highest BCUT2D eigenvalue weighted by atomic mass is 19.4. The molecule has 2 aromatic rings. The third kappa shape index (κ3) is 9.92. The molecule has 3 atom stereocenters. The van der Waals surface area contributed by atoms with Crippen molar-refractivity contribution in [3.05, 3.63) is 71.3 Å². The van der Waals surface area contributed by atoms with E-state index in [0.29, 0.717) is 19.3 Å². The number of aryl methyl sites for hydroxylation is 1. The monoisotopic (exact) mass is 547 g/mol. The molecule has 1 aliphatic rings. The minimum atomic E-state index is -4.57. The van der Waals surface area contributed by atoms with Crippen LogP contribution in [0.1, 0.15) is 67.9 Å². The first-order valence-corrected chi connectivity index (χ1v) is 13.1. The maximum absolute atomic E-state index is 13.0. The Morgan fingerprint density at radius 2 is 1.67 bits per heavy atom. The van der Waals surface area contributed by atoms with Gasteiger partial charge in [0.2, 0.25) is 5.91 Å². The van der Waals surface area contributed by atoms with E-state index >= 15 is 0 Å². The van der Waals surface area contributed by atoms with Crippen molar-refractivity contribution < 1.29 is 32.3 Å². The van der Waals surface area contributed by atoms with E-state index in [1.165, 1.54) is 6.07 Å². The molecule has 0 aliphatic heterocycles. The molecule has 0 spiro atoms. The Hall–Kier alpha value is -3.56. The Labute approximate surface area is 226 Å². The van der Waals surface area contributed by atoms with Crippen LogP contribution in [0.3, 0.4) is 0 Å². The maximum Gasteiger partial charge on any atom is 0.416 e. The minimum Gasteiger partial charge on any atom is -0.444 e. The van der Waals surface area contributed by atoms with E-state index in [2.05, 4.69) is 16.0 Å². The second-order valence-electron chi connectivity index (χ2n) is 10.9. The number of carbonyl (C=O) groups excluding carboxylic acids is 3. The first-order valence-electron chi connectivity index (χ1n) is 13.1. The number of hydrogen-bond acceptors (Lipinski definition) is 4. The molecule has 1 aliphatic carbocycles. The van der Waals surface area contributed by atoms with Gasteiger partial charge in [-0.1, -0.05) is 36.4 Å². The SMILES string of the molecule is CC(C)(C)OC(=O)N[C@@H]1CC[C@H](NC(=O)CNC(=O)c2cccc(C(F)(F)F)c2)[C@H](CCc2ccccc2)C1. The van der Waals surface area contributed by atoms with Gasteiger partial charge in [0, 0.05) is 17.6 Å². The standard InChI is InChI=1S/C29H36F3N3O4/c1-28(2,3)39-27(38)34-23-14-15-24(20(17-23)13-12-19-8-5-4-6-9-19)35-25(36)18-33-26(37)21-10-7-11-22(16-21)29(30,31)32/h4-11,16,20,23-24H,12-15,17-18H2,1-3H3,(H,33,37)(H,34,38)(H,35,36)/t20-,23-,24+/m1/s1. The van der Waals surface area contributed by atoms with E-state index in [1.807, 2.05) is 30.3 Å². The van der Waals surface area contributed by atoms with Gasteiger partial charge in [0.05, 0.1) is 12.1 Å². The van der Waals surface area contributed by atoms with Gasteiger partial charge in [0.1, 0.15) is 5.60 Å². The van der Waals surface area contributed by atoms with Crippen LogP contribution in [0.5, 0.6) is 0 Å². The maximum atomic E-state index is 13.0. The third-order valence-electron chi connectivity index (χ3n) is 6.56. The topological polar surface area (TPSA) is 96.5 Å². The van der Waals surface area contributed by atoms with Crippen molar-refractivity contribution in [1.82, 2.24) is 16.0 Å². The zero-order chi connectivity index (χ0) is 28.6. The lowest BCUT2D eigenvalue weighted by Crippen LogP contribution is -2.51. The Balaban J connectivity index is 1.58. The summed E-state index contributed by atoms with van der Waals surface area (Å²) in [6, 6.07) is 13.7. The van der Waals surface area contributed by atoms with Crippen LogP contribution in [-0.2, 0) is 22.1 Å². The third-order valence-corrected chi connectivity index (χ3v) is 6.56. The molecular weight excluding hydrogens is 511 g/mol. The van der Waals surface area contributed by atoms with Crippen molar-refractivity contribution in [2.45, 2.75) is 76.7 Å². The molecule has 10 heteroatoms. The van der Waals surface area contributed by atoms with Crippen molar-refractivity contribution in [3.8, 4) is 0 Å². The number of halogens is 3. The van der Waals surface area contributed by atoms with Crippen LogP contribution >= 0.6 is 0 Å². The molecule has 7 nitrogen and oxygen atoms in total. The quantitative estimate of drug-likeness (QED) is 0.421. The van der Waals surface area contributed by atoms with E-state index in [1.54, 1.807) is 20.8 Å². The van der Waals surface area contributed by atoms with Gasteiger partial charge in [-0.15, -0.1) is 0 Å². The van der Waals surface area contributed by atoms with Gasteiger partial charge >= 0.3 is 12.3 Å². The summed E-state index contributed by atoms with van der Waals surface area (Å²) in [6.45, 7) is 5.03. The largest absolute Gasteiger partial charge is 0.444 e. The lowest BCUT2D eigenvalue weighted by Gasteiger charge is -2.37. The molecule has 2 aromatic carbocycles. The van der Waals surface area contributed by atoms with E-state index in [-0.39, 0.29) is 30.1 Å². The van der Waals surface area contributed by atoms with Crippen molar-refractivity contribution in [1.29, 1.82) is 0 Å². The first kappa shape index (κ1) is 30.0. The van der Waals surface area contributed by atoms with Gasteiger partial charge in [-0.05, 0) is 82.6 Å². The highest BCUT2D eigenvalue weighted by Gasteiger charge is 2.33. The lowest BCUT2D eigenvalue weighted by atomic mass is 9.78. The Kier molecular flexibility index (Phi) is 9.99. The van der Waals surface area contributed by atoms with E-state index in [9.17, 15) is 27.6 Å². The fourth-order valence-corrected chi connectivity index (χ4v) is 4.73. The summed E-state index contributed by atoms with van der Waals surface area (Å²) in [4.78, 5) is 37.4. The zero-order valence-corrected chi connectivity index (χ0v) is 22.4. The van der Waals surface area contributed by atoms with Gasteiger partial charge in [-0.3, -0.25) is 9.59 Å². The number of hydrogen-bond donors (Lipinski definition) is 3. The number of nitrogens with one attached hydrogen (secondary N) is 3. The summed E-state index contributed by atoms with van der Waals surface area (Å²) < 4.78 is 44.3. The van der Waals surface area contributed by atoms with E-state index in [4.69, 9.17) is 4.74 Å². The molecule has 1 fully saturated rings. The molecule has 0 radical (unpaired) electrons. The van der Waals surface area contributed by atoms with Gasteiger partial charge in [0.15, 0.2) is 0 Å². The molecule has 0 aromatic heterocycles. The molecule has 0 saturated heterocycles. The smallest absolute Gasteiger partial charge is 0.416 e. The van der Waals surface area contributed by atoms with Gasteiger partial charge in [-0.2, -0.15) is 13.2 Å². The van der Waals surface area contributed by atoms with Crippen LogP contribution in [0.4, 0.5) is 18.0 Å². The summed E-state index contributed by atoms with van der Waals surface area (Å²) in [5, 5.41) is 8.33. The van der Waals surface area contributed by atoms with Gasteiger partial charge in [0.25, 0.3) is 5.91 Å². The fourth-order valence-electron chi connectivity index (χ4n) is 4.73. The summed E-state index contributed by atoms with van der Waals surface area (Å²) in [6.07, 6.45) is -1.57. The number of rotatable bonds is 8. The molecule has 3 rings (SSSR count). The van der Waals surface area contributed by atoms with Gasteiger partial charge < -0.3 is 20.7 Å². The molecule has 212 valence electrons. The van der Waals surface area contributed by atoms with Crippen molar-refractivity contribution >= 4 is 17.9 Å². The summed E-state index contributed by atoms with van der Waals surface area (Å²) in [7, 11) is 0.